The highest BCUT2D eigenvalue weighted by molar-refractivity contribution is 4.92. The molecular formula is C13H24O3. The summed E-state index contributed by atoms with van der Waals surface area (Å²) in [6.45, 7) is 7.82. The molecule has 0 amide bonds. The Bertz CT molecular complexity index is 203. The van der Waals surface area contributed by atoms with Gasteiger partial charge in [0, 0.05) is 6.61 Å². The van der Waals surface area contributed by atoms with E-state index in [-0.39, 0.29) is 12.6 Å². The molecule has 1 rings (SSSR count). The third-order valence-electron chi connectivity index (χ3n) is 2.48. The van der Waals surface area contributed by atoms with E-state index in [4.69, 9.17) is 14.2 Å². The first-order valence-electron chi connectivity index (χ1n) is 6.20. The van der Waals surface area contributed by atoms with Crippen molar-refractivity contribution in [2.75, 3.05) is 13.2 Å². The van der Waals surface area contributed by atoms with Gasteiger partial charge in [-0.2, -0.15) is 0 Å². The summed E-state index contributed by atoms with van der Waals surface area (Å²) in [7, 11) is 0. The molecule has 0 aliphatic carbocycles. The van der Waals surface area contributed by atoms with Crippen LogP contribution in [0, 0.1) is 0 Å². The van der Waals surface area contributed by atoms with Crippen LogP contribution in [0.25, 0.3) is 0 Å². The van der Waals surface area contributed by atoms with E-state index in [9.17, 15) is 0 Å². The Hall–Kier alpha value is -0.380. The quantitative estimate of drug-likeness (QED) is 0.471. The number of rotatable bonds is 8. The van der Waals surface area contributed by atoms with Gasteiger partial charge in [-0.15, -0.1) is 0 Å². The Kier molecular flexibility index (Phi) is 6.69. The zero-order chi connectivity index (χ0) is 11.8. The summed E-state index contributed by atoms with van der Waals surface area (Å²) in [4.78, 5) is 0. The van der Waals surface area contributed by atoms with Crippen LogP contribution in [0.4, 0.5) is 0 Å². The van der Waals surface area contributed by atoms with Crippen molar-refractivity contribution in [3.8, 4) is 0 Å². The van der Waals surface area contributed by atoms with E-state index in [1.807, 2.05) is 6.92 Å². The molecule has 0 N–H and O–H groups in total. The fourth-order valence-electron chi connectivity index (χ4n) is 1.62. The van der Waals surface area contributed by atoms with Crippen molar-refractivity contribution in [1.29, 1.82) is 0 Å². The zero-order valence-electron chi connectivity index (χ0n) is 10.7. The van der Waals surface area contributed by atoms with Crippen LogP contribution in [-0.4, -0.2) is 25.8 Å². The number of ether oxygens (including phenoxy) is 3. The highest BCUT2D eigenvalue weighted by Crippen LogP contribution is 2.20. The maximum atomic E-state index is 5.51. The van der Waals surface area contributed by atoms with Crippen molar-refractivity contribution in [1.82, 2.24) is 0 Å². The second-order valence-electron chi connectivity index (χ2n) is 4.45. The van der Waals surface area contributed by atoms with Crippen LogP contribution in [0.5, 0.6) is 0 Å². The SMILES string of the molecule is CC(C)=CCCOCCCCC1OC(C)O1. The fraction of sp³-hybridized carbons (Fsp3) is 0.846. The van der Waals surface area contributed by atoms with Gasteiger partial charge in [-0.3, -0.25) is 0 Å². The number of unbranched alkanes of at least 4 members (excludes halogenated alkanes) is 1. The van der Waals surface area contributed by atoms with Crippen molar-refractivity contribution in [3.05, 3.63) is 11.6 Å². The molecular weight excluding hydrogens is 204 g/mol. The van der Waals surface area contributed by atoms with E-state index in [0.717, 1.165) is 38.9 Å². The summed E-state index contributed by atoms with van der Waals surface area (Å²) in [5, 5.41) is 0. The lowest BCUT2D eigenvalue weighted by Gasteiger charge is -2.33. The molecule has 1 aliphatic rings. The molecule has 0 bridgehead atoms. The van der Waals surface area contributed by atoms with Crippen LogP contribution in [-0.2, 0) is 14.2 Å². The molecule has 3 heteroatoms. The van der Waals surface area contributed by atoms with Gasteiger partial charge in [-0.1, -0.05) is 11.6 Å². The van der Waals surface area contributed by atoms with Crippen LogP contribution < -0.4 is 0 Å². The summed E-state index contributed by atoms with van der Waals surface area (Å²) in [6, 6.07) is 0. The lowest BCUT2D eigenvalue weighted by molar-refractivity contribution is -0.377. The molecule has 0 atom stereocenters. The lowest BCUT2D eigenvalue weighted by Crippen LogP contribution is -2.38. The van der Waals surface area contributed by atoms with Gasteiger partial charge in [0.2, 0.25) is 0 Å². The summed E-state index contributed by atoms with van der Waals surface area (Å²) in [5.74, 6) is 0. The normalized spacial score (nSPS) is 23.9. The van der Waals surface area contributed by atoms with Gasteiger partial charge < -0.3 is 14.2 Å². The molecule has 0 unspecified atom stereocenters. The van der Waals surface area contributed by atoms with E-state index in [1.54, 1.807) is 0 Å². The molecule has 0 aromatic carbocycles. The molecule has 94 valence electrons. The molecule has 0 aromatic heterocycles. The first kappa shape index (κ1) is 13.7. The van der Waals surface area contributed by atoms with E-state index < -0.39 is 0 Å². The summed E-state index contributed by atoms with van der Waals surface area (Å²) < 4.78 is 16.2. The second-order valence-corrected chi connectivity index (χ2v) is 4.45. The van der Waals surface area contributed by atoms with Crippen molar-refractivity contribution in [2.45, 2.75) is 59.0 Å². The molecule has 1 saturated heterocycles. The van der Waals surface area contributed by atoms with E-state index in [1.165, 1.54) is 5.57 Å². The van der Waals surface area contributed by atoms with Crippen molar-refractivity contribution >= 4 is 0 Å². The molecule has 1 heterocycles. The molecule has 0 spiro atoms. The minimum Gasteiger partial charge on any atom is -0.381 e. The molecule has 0 radical (unpaired) electrons. The van der Waals surface area contributed by atoms with Crippen LogP contribution >= 0.6 is 0 Å². The van der Waals surface area contributed by atoms with Crippen molar-refractivity contribution < 1.29 is 14.2 Å². The van der Waals surface area contributed by atoms with Gasteiger partial charge >= 0.3 is 0 Å². The predicted octanol–water partition coefficient (Wildman–Crippen LogP) is 3.25. The molecule has 16 heavy (non-hydrogen) atoms. The first-order valence-corrected chi connectivity index (χ1v) is 6.20. The minimum absolute atomic E-state index is 0.00493. The molecule has 0 saturated carbocycles. The zero-order valence-corrected chi connectivity index (χ0v) is 10.7. The van der Waals surface area contributed by atoms with Gasteiger partial charge in [0.15, 0.2) is 12.6 Å². The Morgan fingerprint density at radius 1 is 1.19 bits per heavy atom. The van der Waals surface area contributed by atoms with Gasteiger partial charge in [0.25, 0.3) is 0 Å². The summed E-state index contributed by atoms with van der Waals surface area (Å²) >= 11 is 0. The smallest absolute Gasteiger partial charge is 0.163 e. The van der Waals surface area contributed by atoms with E-state index >= 15 is 0 Å². The average Bonchev–Trinajstić information content (AvgIpc) is 2.18. The van der Waals surface area contributed by atoms with Crippen molar-refractivity contribution in [3.63, 3.8) is 0 Å². The monoisotopic (exact) mass is 228 g/mol. The number of allylic oxidation sites excluding steroid dienone is 1. The first-order chi connectivity index (χ1) is 7.68. The summed E-state index contributed by atoms with van der Waals surface area (Å²) in [5.41, 5.74) is 1.36. The number of hydrogen-bond donors (Lipinski definition) is 0. The molecule has 0 aromatic rings. The number of hydrogen-bond acceptors (Lipinski definition) is 3. The maximum Gasteiger partial charge on any atom is 0.163 e. The standard InChI is InChI=1S/C13H24O3/c1-11(2)7-6-10-14-9-5-4-8-13-15-12(3)16-13/h7,12-13H,4-6,8-10H2,1-3H3. The third kappa shape index (κ3) is 6.26. The van der Waals surface area contributed by atoms with Gasteiger partial charge in [0.05, 0.1) is 6.61 Å². The highest BCUT2D eigenvalue weighted by Gasteiger charge is 2.25. The molecule has 1 fully saturated rings. The van der Waals surface area contributed by atoms with Crippen LogP contribution in [0.3, 0.4) is 0 Å². The maximum absolute atomic E-state index is 5.51. The Morgan fingerprint density at radius 3 is 2.56 bits per heavy atom. The third-order valence-corrected chi connectivity index (χ3v) is 2.48. The summed E-state index contributed by atoms with van der Waals surface area (Å²) in [6.07, 6.45) is 6.46. The lowest BCUT2D eigenvalue weighted by atomic mass is 10.2. The molecule has 3 nitrogen and oxygen atoms in total. The van der Waals surface area contributed by atoms with Gasteiger partial charge in [-0.05, 0) is 46.5 Å². The average molecular weight is 228 g/mol. The fourth-order valence-corrected chi connectivity index (χ4v) is 1.62. The Labute approximate surface area is 98.8 Å². The van der Waals surface area contributed by atoms with E-state index in [2.05, 4.69) is 19.9 Å². The van der Waals surface area contributed by atoms with Gasteiger partial charge in [-0.25, -0.2) is 0 Å². The minimum atomic E-state index is 0.00493. The van der Waals surface area contributed by atoms with Crippen LogP contribution in [0.2, 0.25) is 0 Å². The predicted molar refractivity (Wildman–Crippen MR) is 64.1 cm³/mol. The van der Waals surface area contributed by atoms with Gasteiger partial charge in [0.1, 0.15) is 0 Å². The van der Waals surface area contributed by atoms with Crippen molar-refractivity contribution in [2.24, 2.45) is 0 Å². The van der Waals surface area contributed by atoms with Crippen LogP contribution in [0.1, 0.15) is 46.5 Å². The van der Waals surface area contributed by atoms with E-state index in [0.29, 0.717) is 0 Å². The Morgan fingerprint density at radius 2 is 1.94 bits per heavy atom. The van der Waals surface area contributed by atoms with Crippen LogP contribution in [0.15, 0.2) is 11.6 Å². The topological polar surface area (TPSA) is 27.7 Å². The molecule has 1 aliphatic heterocycles. The highest BCUT2D eigenvalue weighted by atomic mass is 16.9. The second kappa shape index (κ2) is 7.82. The Balaban J connectivity index is 1.76. The largest absolute Gasteiger partial charge is 0.381 e.